The monoisotopic (exact) mass is 327 g/mol. The van der Waals surface area contributed by atoms with Crippen molar-refractivity contribution in [1.82, 2.24) is 5.23 Å². The fourth-order valence-electron chi connectivity index (χ4n) is 2.66. The van der Waals surface area contributed by atoms with E-state index in [-0.39, 0.29) is 6.61 Å². The van der Waals surface area contributed by atoms with Gasteiger partial charge in [-0.1, -0.05) is 12.1 Å². The number of nitrogens with one attached hydrogen (secondary N) is 1. The molecule has 1 aromatic carbocycles. The molecule has 6 N–H and O–H groups in total. The lowest BCUT2D eigenvalue weighted by Gasteiger charge is -2.36. The van der Waals surface area contributed by atoms with Crippen LogP contribution in [0.1, 0.15) is 10.4 Å². The van der Waals surface area contributed by atoms with Gasteiger partial charge in [-0.05, 0) is 12.1 Å². The molecule has 2 heterocycles. The van der Waals surface area contributed by atoms with Crippen LogP contribution in [0.25, 0.3) is 0 Å². The zero-order chi connectivity index (χ0) is 16.6. The van der Waals surface area contributed by atoms with Crippen molar-refractivity contribution >= 4 is 12.8 Å². The van der Waals surface area contributed by atoms with Crippen LogP contribution in [0.2, 0.25) is 0 Å². The molecular weight excluding hydrogens is 309 g/mol. The van der Waals surface area contributed by atoms with E-state index in [1.54, 1.807) is 24.3 Å². The Hall–Kier alpha value is -1.69. The largest absolute Gasteiger partial charge is 0.746 e. The predicted octanol–water partition coefficient (Wildman–Crippen LogP) is -2.75. The van der Waals surface area contributed by atoms with Crippen molar-refractivity contribution in [1.29, 1.82) is 0 Å². The molecule has 1 spiro atoms. The maximum Gasteiger partial charge on any atom is 0.746 e. The van der Waals surface area contributed by atoms with Crippen LogP contribution in [-0.2, 0) is 4.65 Å². The number of carbonyl (C=O) groups is 1. The number of carbonyl (C=O) groups excluding carboxylic acids is 1. The van der Waals surface area contributed by atoms with Crippen LogP contribution in [0.5, 0.6) is 5.75 Å². The minimum atomic E-state index is -2.53. The van der Waals surface area contributed by atoms with E-state index in [1.807, 2.05) is 0 Å². The van der Waals surface area contributed by atoms with Gasteiger partial charge in [-0.25, -0.2) is 0 Å². The van der Waals surface area contributed by atoms with Crippen LogP contribution in [0.4, 0.5) is 0 Å². The van der Waals surface area contributed by atoms with Gasteiger partial charge in [-0.3, -0.25) is 4.79 Å². The summed E-state index contributed by atoms with van der Waals surface area (Å²) >= 11 is 0. The highest BCUT2D eigenvalue weighted by molar-refractivity contribution is 6.63. The fourth-order valence-corrected chi connectivity index (χ4v) is 2.66. The average Bonchev–Trinajstić information content (AvgIpc) is 2.95. The van der Waals surface area contributed by atoms with E-state index < -0.39 is 43.8 Å². The molecule has 0 aromatic heterocycles. The summed E-state index contributed by atoms with van der Waals surface area (Å²) in [7, 11) is 0. The van der Waals surface area contributed by atoms with Gasteiger partial charge >= 0.3 is 6.89 Å². The summed E-state index contributed by atoms with van der Waals surface area (Å²) in [4.78, 5) is 12.1. The predicted molar refractivity (Wildman–Crippen MR) is 77.4 cm³/mol. The summed E-state index contributed by atoms with van der Waals surface area (Å²) in [5.41, 5.74) is 0.346. The third-order valence-electron chi connectivity index (χ3n) is 3.94. The number of aliphatic hydroxyl groups excluding tert-OH is 4. The number of benzene rings is 1. The topological polar surface area (TPSA) is 141 Å². The summed E-state index contributed by atoms with van der Waals surface area (Å²) in [6.45, 7) is -3.34. The van der Waals surface area contributed by atoms with E-state index in [9.17, 15) is 20.1 Å². The first kappa shape index (κ1) is 16.2. The molecule has 0 radical (unpaired) electrons. The summed E-state index contributed by atoms with van der Waals surface area (Å²) in [5.74, 6) is -0.104. The highest BCUT2D eigenvalue weighted by Crippen LogP contribution is 2.29. The molecule has 126 valence electrons. The number of rotatable bonds is 4. The van der Waals surface area contributed by atoms with Gasteiger partial charge in [-0.15, -0.1) is 0 Å². The normalized spacial score (nSPS) is 30.3. The minimum absolute atomic E-state index is 0.112. The minimum Gasteiger partial charge on any atom is -0.600 e. The van der Waals surface area contributed by atoms with Crippen LogP contribution in [0.3, 0.4) is 0 Å². The van der Waals surface area contributed by atoms with Crippen molar-refractivity contribution in [2.24, 2.45) is 0 Å². The Labute approximate surface area is 131 Å². The Balaban J connectivity index is 1.74. The molecule has 2 aliphatic heterocycles. The van der Waals surface area contributed by atoms with E-state index in [0.717, 1.165) is 0 Å². The standard InChI is InChI=1S/C13H18BNO8/c16-5-8(17)11(18)12(19)10-6-21-14(23-10)15-13(20)7-3-1-2-4-9(7)22-14/h1-4,8,10-12,16-19,23H,5-6H2,(H,15,20). The van der Waals surface area contributed by atoms with Crippen molar-refractivity contribution < 1.29 is 39.2 Å². The first-order chi connectivity index (χ1) is 11.0. The van der Waals surface area contributed by atoms with E-state index in [0.29, 0.717) is 11.3 Å². The Morgan fingerprint density at radius 1 is 1.35 bits per heavy atom. The second kappa shape index (κ2) is 6.08. The van der Waals surface area contributed by atoms with Gasteiger partial charge < -0.3 is 39.6 Å². The molecule has 1 saturated heterocycles. The molecule has 1 aromatic rings. The summed E-state index contributed by atoms with van der Waals surface area (Å²) < 4.78 is 15.2. The Morgan fingerprint density at radius 2 is 2.09 bits per heavy atom. The highest BCUT2D eigenvalue weighted by Gasteiger charge is 2.57. The van der Waals surface area contributed by atoms with Crippen molar-refractivity contribution in [2.45, 2.75) is 24.4 Å². The Bertz CT molecular complexity index is 601. The second-order valence-corrected chi connectivity index (χ2v) is 5.54. The molecule has 5 unspecified atom stereocenters. The van der Waals surface area contributed by atoms with Gasteiger partial charge in [0.2, 0.25) is 5.91 Å². The van der Waals surface area contributed by atoms with Crippen LogP contribution in [0.15, 0.2) is 24.3 Å². The number of aliphatic hydroxyl groups is 5. The van der Waals surface area contributed by atoms with Gasteiger partial charge in [-0.2, -0.15) is 0 Å². The van der Waals surface area contributed by atoms with Crippen molar-refractivity contribution in [3.05, 3.63) is 29.8 Å². The van der Waals surface area contributed by atoms with Crippen LogP contribution >= 0.6 is 0 Å². The Morgan fingerprint density at radius 3 is 2.83 bits per heavy atom. The number of hydrogen-bond donors (Lipinski definition) is 5. The molecule has 23 heavy (non-hydrogen) atoms. The molecule has 1 fully saturated rings. The molecule has 2 aliphatic rings. The molecule has 0 saturated carbocycles. The molecule has 9 nitrogen and oxygen atoms in total. The lowest BCUT2D eigenvalue weighted by Crippen LogP contribution is -2.65. The average molecular weight is 327 g/mol. The summed E-state index contributed by atoms with van der Waals surface area (Å²) in [6.07, 6.45) is -5.51. The van der Waals surface area contributed by atoms with E-state index in [4.69, 9.17) is 14.4 Å². The van der Waals surface area contributed by atoms with E-state index in [2.05, 4.69) is 9.88 Å². The highest BCUT2D eigenvalue weighted by atomic mass is 16.8. The lowest BCUT2D eigenvalue weighted by molar-refractivity contribution is -0.135. The van der Waals surface area contributed by atoms with E-state index >= 15 is 0 Å². The molecule has 1 amide bonds. The molecule has 3 rings (SSSR count). The maximum atomic E-state index is 12.1. The number of fused-ring (bicyclic) bond motifs is 1. The lowest BCUT2D eigenvalue weighted by atomic mass is 9.92. The van der Waals surface area contributed by atoms with Crippen molar-refractivity contribution in [3.8, 4) is 5.75 Å². The molecule has 10 heteroatoms. The molecule has 0 bridgehead atoms. The molecule has 5 atom stereocenters. The fraction of sp³-hybridized carbons (Fsp3) is 0.462. The maximum absolute atomic E-state index is 12.1. The van der Waals surface area contributed by atoms with Crippen molar-refractivity contribution in [3.63, 3.8) is 0 Å². The smallest absolute Gasteiger partial charge is 0.600 e. The Kier molecular flexibility index (Phi) is 4.28. The van der Waals surface area contributed by atoms with Crippen LogP contribution < -0.4 is 9.88 Å². The molecular formula is C13H18BNO8. The van der Waals surface area contributed by atoms with Crippen LogP contribution in [0, 0.1) is 0 Å². The van der Waals surface area contributed by atoms with Crippen molar-refractivity contribution in [2.75, 3.05) is 13.2 Å². The van der Waals surface area contributed by atoms with Gasteiger partial charge in [0, 0.05) is 0 Å². The van der Waals surface area contributed by atoms with Gasteiger partial charge in [0.15, 0.2) is 12.2 Å². The first-order valence-electron chi connectivity index (χ1n) is 7.21. The zero-order valence-corrected chi connectivity index (χ0v) is 12.1. The summed E-state index contributed by atoms with van der Waals surface area (Å²) in [5, 5.41) is 40.5. The quantitative estimate of drug-likeness (QED) is 0.298. The van der Waals surface area contributed by atoms with Gasteiger partial charge in [0.1, 0.15) is 12.2 Å². The number of hydrogen-bond acceptors (Lipinski definition) is 7. The third kappa shape index (κ3) is 2.92. The number of amides is 1. The van der Waals surface area contributed by atoms with Gasteiger partial charge in [0.05, 0.1) is 24.5 Å². The third-order valence-corrected chi connectivity index (χ3v) is 3.94. The van der Waals surface area contributed by atoms with Gasteiger partial charge in [0.25, 0.3) is 0 Å². The molecule has 0 aliphatic carbocycles. The SMILES string of the molecule is O=C1N[B-]2(OCC(C(O)C(O)C(O)CO)[OH+]2)Oc2ccccc21. The number of para-hydroxylation sites is 1. The van der Waals surface area contributed by atoms with Crippen LogP contribution in [-0.4, -0.2) is 75.5 Å². The second-order valence-electron chi connectivity index (χ2n) is 5.54. The first-order valence-corrected chi connectivity index (χ1v) is 7.21. The zero-order valence-electron chi connectivity index (χ0n) is 12.1. The van der Waals surface area contributed by atoms with E-state index in [1.165, 1.54) is 0 Å². The summed E-state index contributed by atoms with van der Waals surface area (Å²) in [6, 6.07) is 6.59.